The van der Waals surface area contributed by atoms with Crippen molar-refractivity contribution in [3.8, 4) is 0 Å². The molecule has 1 rings (SSSR count). The Hall–Kier alpha value is -1.15. The summed E-state index contributed by atoms with van der Waals surface area (Å²) in [7, 11) is -3.19. The second-order valence-electron chi connectivity index (χ2n) is 5.12. The molecule has 2 N–H and O–H groups in total. The molecule has 0 bridgehead atoms. The van der Waals surface area contributed by atoms with Gasteiger partial charge in [0.2, 0.25) is 15.9 Å². The molecule has 20 heavy (non-hydrogen) atoms. The van der Waals surface area contributed by atoms with Crippen molar-refractivity contribution in [2.45, 2.75) is 26.2 Å². The largest absolute Gasteiger partial charge is 0.481 e. The summed E-state index contributed by atoms with van der Waals surface area (Å²) < 4.78 is 24.1. The zero-order valence-electron chi connectivity index (χ0n) is 11.8. The van der Waals surface area contributed by atoms with E-state index in [9.17, 15) is 18.0 Å². The summed E-state index contributed by atoms with van der Waals surface area (Å²) in [6, 6.07) is 0. The van der Waals surface area contributed by atoms with Crippen molar-refractivity contribution in [2.24, 2.45) is 11.8 Å². The van der Waals surface area contributed by atoms with Crippen LogP contribution in [0.4, 0.5) is 0 Å². The first-order chi connectivity index (χ1) is 9.25. The van der Waals surface area contributed by atoms with E-state index in [2.05, 4.69) is 5.32 Å². The number of carbonyl (C=O) groups is 2. The van der Waals surface area contributed by atoms with E-state index in [1.807, 2.05) is 0 Å². The van der Waals surface area contributed by atoms with Gasteiger partial charge in [-0.2, -0.15) is 0 Å². The summed E-state index contributed by atoms with van der Waals surface area (Å²) in [6.45, 7) is 2.56. The number of sulfonamides is 1. The number of carboxylic acid groups (broad SMARTS) is 1. The van der Waals surface area contributed by atoms with Gasteiger partial charge in [0, 0.05) is 25.6 Å². The minimum Gasteiger partial charge on any atom is -0.481 e. The first-order valence-electron chi connectivity index (χ1n) is 6.71. The van der Waals surface area contributed by atoms with E-state index in [1.165, 1.54) is 4.31 Å². The maximum Gasteiger partial charge on any atom is 0.308 e. The predicted octanol–water partition coefficient (Wildman–Crippen LogP) is -0.115. The van der Waals surface area contributed by atoms with Gasteiger partial charge in [-0.25, -0.2) is 12.7 Å². The van der Waals surface area contributed by atoms with E-state index in [4.69, 9.17) is 5.11 Å². The predicted molar refractivity (Wildman–Crippen MR) is 73.6 cm³/mol. The lowest BCUT2D eigenvalue weighted by atomic mass is 9.97. The molecule has 0 aromatic carbocycles. The molecule has 1 atom stereocenters. The fourth-order valence-electron chi connectivity index (χ4n) is 2.22. The molecule has 0 saturated carbocycles. The summed E-state index contributed by atoms with van der Waals surface area (Å²) >= 11 is 0. The van der Waals surface area contributed by atoms with E-state index in [-0.39, 0.29) is 18.4 Å². The van der Waals surface area contributed by atoms with Gasteiger partial charge in [-0.15, -0.1) is 0 Å². The Balaban J connectivity index is 2.42. The zero-order chi connectivity index (χ0) is 15.3. The molecule has 0 aliphatic carbocycles. The minimum absolute atomic E-state index is 0.122. The van der Waals surface area contributed by atoms with E-state index in [0.717, 1.165) is 6.26 Å². The van der Waals surface area contributed by atoms with Crippen LogP contribution in [0.5, 0.6) is 0 Å². The summed E-state index contributed by atoms with van der Waals surface area (Å²) in [6.07, 6.45) is 2.57. The molecule has 1 amide bonds. The fourth-order valence-corrected chi connectivity index (χ4v) is 3.10. The third-order valence-electron chi connectivity index (χ3n) is 3.66. The van der Waals surface area contributed by atoms with E-state index in [1.54, 1.807) is 6.92 Å². The van der Waals surface area contributed by atoms with Gasteiger partial charge in [0.1, 0.15) is 0 Å². The van der Waals surface area contributed by atoms with Crippen molar-refractivity contribution >= 4 is 21.9 Å². The highest BCUT2D eigenvalue weighted by Crippen LogP contribution is 2.19. The first kappa shape index (κ1) is 16.9. The Bertz CT molecular complexity index is 454. The van der Waals surface area contributed by atoms with Gasteiger partial charge in [-0.05, 0) is 19.3 Å². The van der Waals surface area contributed by atoms with E-state index >= 15 is 0 Å². The van der Waals surface area contributed by atoms with Gasteiger partial charge in [-0.3, -0.25) is 9.59 Å². The van der Waals surface area contributed by atoms with Gasteiger partial charge in [0.25, 0.3) is 0 Å². The smallest absolute Gasteiger partial charge is 0.308 e. The summed E-state index contributed by atoms with van der Waals surface area (Å²) in [5.41, 5.74) is 0. The first-order valence-corrected chi connectivity index (χ1v) is 8.56. The number of aliphatic carboxylic acids is 1. The number of piperidine rings is 1. The Kier molecular flexibility index (Phi) is 5.94. The number of hydrogen-bond acceptors (Lipinski definition) is 4. The molecule has 0 aromatic heterocycles. The third kappa shape index (κ3) is 4.75. The SMILES string of the molecule is CCC(CNC(=O)C1CCN(S(C)(=O)=O)CC1)C(=O)O. The molecule has 0 aromatic rings. The van der Waals surface area contributed by atoms with Crippen molar-refractivity contribution in [1.29, 1.82) is 0 Å². The van der Waals surface area contributed by atoms with Gasteiger partial charge < -0.3 is 10.4 Å². The second-order valence-corrected chi connectivity index (χ2v) is 7.11. The quantitative estimate of drug-likeness (QED) is 0.712. The van der Waals surface area contributed by atoms with Crippen LogP contribution in [0.3, 0.4) is 0 Å². The molecule has 116 valence electrons. The Morgan fingerprint density at radius 1 is 1.35 bits per heavy atom. The van der Waals surface area contributed by atoms with Crippen molar-refractivity contribution in [1.82, 2.24) is 9.62 Å². The van der Waals surface area contributed by atoms with Crippen LogP contribution in [0.15, 0.2) is 0 Å². The van der Waals surface area contributed by atoms with Gasteiger partial charge in [0.05, 0.1) is 12.2 Å². The number of carboxylic acids is 1. The molecule has 1 unspecified atom stereocenters. The molecule has 1 heterocycles. The lowest BCUT2D eigenvalue weighted by Gasteiger charge is -2.29. The average molecular weight is 306 g/mol. The van der Waals surface area contributed by atoms with Gasteiger partial charge >= 0.3 is 5.97 Å². The third-order valence-corrected chi connectivity index (χ3v) is 4.96. The lowest BCUT2D eigenvalue weighted by Crippen LogP contribution is -2.43. The highest BCUT2D eigenvalue weighted by atomic mass is 32.2. The minimum atomic E-state index is -3.19. The van der Waals surface area contributed by atoms with E-state index in [0.29, 0.717) is 32.4 Å². The van der Waals surface area contributed by atoms with Gasteiger partial charge in [0.15, 0.2) is 0 Å². The number of rotatable bonds is 6. The number of nitrogens with one attached hydrogen (secondary N) is 1. The second kappa shape index (κ2) is 7.03. The van der Waals surface area contributed by atoms with Crippen LogP contribution >= 0.6 is 0 Å². The van der Waals surface area contributed by atoms with Crippen LogP contribution < -0.4 is 5.32 Å². The average Bonchev–Trinajstić information content (AvgIpc) is 2.38. The van der Waals surface area contributed by atoms with Crippen molar-refractivity contribution in [2.75, 3.05) is 25.9 Å². The van der Waals surface area contributed by atoms with Crippen LogP contribution in [0, 0.1) is 11.8 Å². The van der Waals surface area contributed by atoms with Crippen LogP contribution in [-0.2, 0) is 19.6 Å². The summed E-state index contributed by atoms with van der Waals surface area (Å²) in [4.78, 5) is 22.8. The Labute approximate surface area is 119 Å². The highest BCUT2D eigenvalue weighted by molar-refractivity contribution is 7.88. The summed E-state index contributed by atoms with van der Waals surface area (Å²) in [5, 5.41) is 11.5. The van der Waals surface area contributed by atoms with Crippen molar-refractivity contribution < 1.29 is 23.1 Å². The summed E-state index contributed by atoms with van der Waals surface area (Å²) in [5.74, 6) is -1.91. The molecule has 1 fully saturated rings. The highest BCUT2D eigenvalue weighted by Gasteiger charge is 2.29. The fraction of sp³-hybridized carbons (Fsp3) is 0.833. The van der Waals surface area contributed by atoms with Crippen molar-refractivity contribution in [3.05, 3.63) is 0 Å². The molecule has 8 heteroatoms. The maximum absolute atomic E-state index is 11.9. The van der Waals surface area contributed by atoms with Crippen LogP contribution in [0.2, 0.25) is 0 Å². The topological polar surface area (TPSA) is 104 Å². The molecule has 0 radical (unpaired) electrons. The number of amides is 1. The number of nitrogens with zero attached hydrogens (tertiary/aromatic N) is 1. The normalized spacial score (nSPS) is 19.5. The standard InChI is InChI=1S/C12H22N2O5S/c1-3-9(12(16)17)8-13-11(15)10-4-6-14(7-5-10)20(2,18)19/h9-10H,3-8H2,1-2H3,(H,13,15)(H,16,17). The molecular formula is C12H22N2O5S. The number of carbonyl (C=O) groups excluding carboxylic acids is 1. The molecule has 1 aliphatic heterocycles. The maximum atomic E-state index is 11.9. The molecule has 0 spiro atoms. The Morgan fingerprint density at radius 2 is 1.90 bits per heavy atom. The van der Waals surface area contributed by atoms with Gasteiger partial charge in [-0.1, -0.05) is 6.92 Å². The monoisotopic (exact) mass is 306 g/mol. The van der Waals surface area contributed by atoms with Crippen LogP contribution in [0.25, 0.3) is 0 Å². The van der Waals surface area contributed by atoms with Crippen molar-refractivity contribution in [3.63, 3.8) is 0 Å². The van der Waals surface area contributed by atoms with E-state index < -0.39 is 21.9 Å². The zero-order valence-corrected chi connectivity index (χ0v) is 12.6. The lowest BCUT2D eigenvalue weighted by molar-refractivity contribution is -0.141. The number of hydrogen-bond donors (Lipinski definition) is 2. The Morgan fingerprint density at radius 3 is 2.30 bits per heavy atom. The van der Waals surface area contributed by atoms with Crippen LogP contribution in [-0.4, -0.2) is 55.6 Å². The molecule has 1 aliphatic rings. The van der Waals surface area contributed by atoms with Crippen LogP contribution in [0.1, 0.15) is 26.2 Å². The molecule has 7 nitrogen and oxygen atoms in total. The molecular weight excluding hydrogens is 284 g/mol. The molecule has 1 saturated heterocycles.